The lowest BCUT2D eigenvalue weighted by molar-refractivity contribution is 0.480. The van der Waals surface area contributed by atoms with Crippen LogP contribution in [-0.2, 0) is 0 Å². The van der Waals surface area contributed by atoms with E-state index >= 15 is 0 Å². The Labute approximate surface area is 183 Å². The molecule has 6 rings (SSSR count). The first-order valence-electron chi connectivity index (χ1n) is 10.4. The van der Waals surface area contributed by atoms with Crippen molar-refractivity contribution in [3.05, 3.63) is 107 Å². The van der Waals surface area contributed by atoms with E-state index in [1.54, 1.807) is 0 Å². The molecule has 0 radical (unpaired) electrons. The average molecular weight is 414 g/mol. The number of para-hydroxylation sites is 1. The normalized spacial score (nSPS) is 11.4. The van der Waals surface area contributed by atoms with E-state index in [0.717, 1.165) is 44.1 Å². The molecule has 0 amide bonds. The van der Waals surface area contributed by atoms with Gasteiger partial charge in [0.05, 0.1) is 16.7 Å². The summed E-state index contributed by atoms with van der Waals surface area (Å²) in [6.45, 7) is 0. The van der Waals surface area contributed by atoms with Gasteiger partial charge in [-0.05, 0) is 34.7 Å². The number of aromatic amines is 1. The third kappa shape index (κ3) is 2.93. The topological polar surface area (TPSA) is 66.0 Å². The Morgan fingerprint density at radius 1 is 0.688 bits per heavy atom. The molecule has 152 valence electrons. The van der Waals surface area contributed by atoms with Gasteiger partial charge in [0.2, 0.25) is 0 Å². The molecule has 0 bridgehead atoms. The number of nitrogens with one attached hydrogen (secondary N) is 1. The van der Waals surface area contributed by atoms with Crippen LogP contribution in [0, 0.1) is 0 Å². The summed E-state index contributed by atoms with van der Waals surface area (Å²) in [6, 6.07) is 31.6. The number of fused-ring (bicyclic) bond motifs is 4. The van der Waals surface area contributed by atoms with Crippen molar-refractivity contribution in [1.29, 1.82) is 0 Å². The standard InChI is InChI=1S/C28H18N2O2/c31-26-16-27(32)30-28-21-7-3-2-6-20(21)22(15-23(26)28)17-9-11-19(12-10-17)25-14-13-18-5-1-4-8-24(18)29-25/h1-16H,(H2,30,31,32). The highest BCUT2D eigenvalue weighted by Crippen LogP contribution is 2.37. The Morgan fingerprint density at radius 2 is 1.41 bits per heavy atom. The Hall–Kier alpha value is -4.44. The Morgan fingerprint density at radius 3 is 2.25 bits per heavy atom. The van der Waals surface area contributed by atoms with Crippen molar-refractivity contribution < 1.29 is 5.11 Å². The molecule has 0 aliphatic rings. The van der Waals surface area contributed by atoms with E-state index in [9.17, 15) is 9.90 Å². The molecule has 0 aliphatic carbocycles. The Kier molecular flexibility index (Phi) is 4.05. The molecule has 2 aromatic heterocycles. The molecule has 6 aromatic rings. The SMILES string of the molecule is O=c1cc(O)c2cc(-c3ccc(-c4ccc5ccccc5n4)cc3)c3ccccc3c2[nH]1. The van der Waals surface area contributed by atoms with Gasteiger partial charge in [-0.25, -0.2) is 4.98 Å². The third-order valence-electron chi connectivity index (χ3n) is 5.93. The van der Waals surface area contributed by atoms with Crippen molar-refractivity contribution >= 4 is 32.6 Å². The highest BCUT2D eigenvalue weighted by atomic mass is 16.3. The van der Waals surface area contributed by atoms with E-state index in [1.165, 1.54) is 6.07 Å². The zero-order chi connectivity index (χ0) is 21.7. The molecule has 32 heavy (non-hydrogen) atoms. The highest BCUT2D eigenvalue weighted by molar-refractivity contribution is 6.13. The molecule has 0 unspecified atom stereocenters. The zero-order valence-corrected chi connectivity index (χ0v) is 17.0. The van der Waals surface area contributed by atoms with Crippen LogP contribution in [0.5, 0.6) is 5.75 Å². The van der Waals surface area contributed by atoms with Crippen LogP contribution < -0.4 is 5.56 Å². The molecule has 4 nitrogen and oxygen atoms in total. The first-order valence-corrected chi connectivity index (χ1v) is 10.4. The number of pyridine rings is 2. The molecule has 2 N–H and O–H groups in total. The quantitative estimate of drug-likeness (QED) is 0.328. The van der Waals surface area contributed by atoms with Crippen molar-refractivity contribution in [3.8, 4) is 28.1 Å². The van der Waals surface area contributed by atoms with Crippen LogP contribution in [0.1, 0.15) is 0 Å². The molecule has 2 heterocycles. The number of benzene rings is 4. The zero-order valence-electron chi connectivity index (χ0n) is 17.0. The number of H-pyrrole nitrogens is 1. The Bertz CT molecular complexity index is 1700. The lowest BCUT2D eigenvalue weighted by atomic mass is 9.94. The van der Waals surface area contributed by atoms with Crippen molar-refractivity contribution in [3.63, 3.8) is 0 Å². The van der Waals surface area contributed by atoms with Crippen LogP contribution >= 0.6 is 0 Å². The van der Waals surface area contributed by atoms with Crippen molar-refractivity contribution in [2.75, 3.05) is 0 Å². The van der Waals surface area contributed by atoms with Crippen LogP contribution in [0.2, 0.25) is 0 Å². The van der Waals surface area contributed by atoms with Gasteiger partial charge in [0, 0.05) is 27.8 Å². The second kappa shape index (κ2) is 7.06. The molecule has 0 spiro atoms. The number of nitrogens with zero attached hydrogens (tertiary/aromatic N) is 1. The van der Waals surface area contributed by atoms with Gasteiger partial charge in [-0.3, -0.25) is 4.79 Å². The van der Waals surface area contributed by atoms with Crippen LogP contribution in [0.25, 0.3) is 55.0 Å². The lowest BCUT2D eigenvalue weighted by Gasteiger charge is -2.12. The van der Waals surface area contributed by atoms with Crippen LogP contribution in [0.4, 0.5) is 0 Å². The van der Waals surface area contributed by atoms with Gasteiger partial charge in [-0.15, -0.1) is 0 Å². The summed E-state index contributed by atoms with van der Waals surface area (Å²) < 4.78 is 0. The summed E-state index contributed by atoms with van der Waals surface area (Å²) in [7, 11) is 0. The number of rotatable bonds is 2. The molecule has 0 saturated heterocycles. The van der Waals surface area contributed by atoms with E-state index in [-0.39, 0.29) is 11.3 Å². The van der Waals surface area contributed by atoms with Gasteiger partial charge in [-0.2, -0.15) is 0 Å². The second-order valence-corrected chi connectivity index (χ2v) is 7.88. The fraction of sp³-hybridized carbons (Fsp3) is 0. The molecule has 0 fully saturated rings. The van der Waals surface area contributed by atoms with Crippen LogP contribution in [-0.4, -0.2) is 15.1 Å². The van der Waals surface area contributed by atoms with Crippen LogP contribution in [0.3, 0.4) is 0 Å². The first-order chi connectivity index (χ1) is 15.7. The summed E-state index contributed by atoms with van der Waals surface area (Å²) in [5, 5.41) is 14.1. The predicted molar refractivity (Wildman–Crippen MR) is 130 cm³/mol. The summed E-state index contributed by atoms with van der Waals surface area (Å²) in [4.78, 5) is 19.6. The van der Waals surface area contributed by atoms with Crippen LogP contribution in [0.15, 0.2) is 102 Å². The number of hydrogen-bond acceptors (Lipinski definition) is 3. The lowest BCUT2D eigenvalue weighted by Crippen LogP contribution is -2.03. The maximum absolute atomic E-state index is 11.9. The van der Waals surface area contributed by atoms with E-state index in [0.29, 0.717) is 10.9 Å². The maximum atomic E-state index is 11.9. The fourth-order valence-corrected chi connectivity index (χ4v) is 4.36. The predicted octanol–water partition coefficient (Wildman–Crippen LogP) is 6.27. The minimum atomic E-state index is -0.319. The molecule has 0 atom stereocenters. The fourth-order valence-electron chi connectivity index (χ4n) is 4.36. The molecule has 4 heteroatoms. The van der Waals surface area contributed by atoms with Crippen molar-refractivity contribution in [2.24, 2.45) is 0 Å². The van der Waals surface area contributed by atoms with Gasteiger partial charge in [0.15, 0.2) is 0 Å². The maximum Gasteiger partial charge on any atom is 0.252 e. The number of hydrogen-bond donors (Lipinski definition) is 2. The summed E-state index contributed by atoms with van der Waals surface area (Å²) >= 11 is 0. The van der Waals surface area contributed by atoms with E-state index in [4.69, 9.17) is 4.98 Å². The molecular weight excluding hydrogens is 396 g/mol. The Balaban J connectivity index is 1.52. The van der Waals surface area contributed by atoms with Gasteiger partial charge in [-0.1, -0.05) is 72.8 Å². The number of aromatic nitrogens is 2. The molecular formula is C28H18N2O2. The summed E-state index contributed by atoms with van der Waals surface area (Å²) in [5.41, 5.74) is 5.28. The third-order valence-corrected chi connectivity index (χ3v) is 5.93. The summed E-state index contributed by atoms with van der Waals surface area (Å²) in [6.07, 6.45) is 0. The van der Waals surface area contributed by atoms with Gasteiger partial charge in [0.25, 0.3) is 5.56 Å². The van der Waals surface area contributed by atoms with Gasteiger partial charge < -0.3 is 10.1 Å². The highest BCUT2D eigenvalue weighted by Gasteiger charge is 2.12. The van der Waals surface area contributed by atoms with Gasteiger partial charge >= 0.3 is 0 Å². The first kappa shape index (κ1) is 18.3. The van der Waals surface area contributed by atoms with Crippen molar-refractivity contribution in [2.45, 2.75) is 0 Å². The molecule has 0 saturated carbocycles. The monoisotopic (exact) mass is 414 g/mol. The van der Waals surface area contributed by atoms with E-state index in [2.05, 4.69) is 41.4 Å². The number of aromatic hydroxyl groups is 1. The van der Waals surface area contributed by atoms with Gasteiger partial charge in [0.1, 0.15) is 5.75 Å². The smallest absolute Gasteiger partial charge is 0.252 e. The minimum Gasteiger partial charge on any atom is -0.507 e. The minimum absolute atomic E-state index is 0.0206. The second-order valence-electron chi connectivity index (χ2n) is 7.88. The van der Waals surface area contributed by atoms with Crippen molar-refractivity contribution in [1.82, 2.24) is 9.97 Å². The summed E-state index contributed by atoms with van der Waals surface area (Å²) in [5.74, 6) is -0.0206. The van der Waals surface area contributed by atoms with E-state index < -0.39 is 0 Å². The average Bonchev–Trinajstić information content (AvgIpc) is 2.83. The molecule has 4 aromatic carbocycles. The largest absolute Gasteiger partial charge is 0.507 e. The molecule has 0 aliphatic heterocycles. The van der Waals surface area contributed by atoms with E-state index in [1.807, 2.05) is 54.6 Å².